The zero-order chi connectivity index (χ0) is 17.4. The highest BCUT2D eigenvalue weighted by Crippen LogP contribution is 2.16. The monoisotopic (exact) mass is 326 g/mol. The summed E-state index contributed by atoms with van der Waals surface area (Å²) in [5.74, 6) is -0.969. The van der Waals surface area contributed by atoms with Crippen molar-refractivity contribution in [2.45, 2.75) is 32.1 Å². The van der Waals surface area contributed by atoms with Gasteiger partial charge in [-0.3, -0.25) is 9.59 Å². The molecular formula is C19H22N2O3. The normalized spacial score (nSPS) is 10.3. The fourth-order valence-electron chi connectivity index (χ4n) is 2.44. The van der Waals surface area contributed by atoms with E-state index in [0.717, 1.165) is 24.9 Å². The van der Waals surface area contributed by atoms with E-state index in [-0.39, 0.29) is 12.3 Å². The zero-order valence-electron chi connectivity index (χ0n) is 13.5. The topological polar surface area (TPSA) is 92.4 Å². The predicted octanol–water partition coefficient (Wildman–Crippen LogP) is 3.71. The van der Waals surface area contributed by atoms with Crippen molar-refractivity contribution < 1.29 is 14.7 Å². The maximum absolute atomic E-state index is 12.2. The Hall–Kier alpha value is -2.82. The SMILES string of the molecule is Nc1ccccc1C(=O)Nc1ccc(CCCCCC(=O)O)cc1. The second-order valence-electron chi connectivity index (χ2n) is 5.69. The van der Waals surface area contributed by atoms with Crippen molar-refractivity contribution in [3.63, 3.8) is 0 Å². The third-order valence-corrected chi connectivity index (χ3v) is 3.77. The second-order valence-corrected chi connectivity index (χ2v) is 5.69. The van der Waals surface area contributed by atoms with Gasteiger partial charge in [0.05, 0.1) is 5.56 Å². The first-order chi connectivity index (χ1) is 11.6. The van der Waals surface area contributed by atoms with E-state index in [2.05, 4.69) is 5.32 Å². The molecule has 0 atom stereocenters. The van der Waals surface area contributed by atoms with E-state index < -0.39 is 5.97 Å². The highest BCUT2D eigenvalue weighted by Gasteiger charge is 2.08. The third kappa shape index (κ3) is 5.43. The van der Waals surface area contributed by atoms with E-state index in [1.807, 2.05) is 24.3 Å². The first kappa shape index (κ1) is 17.5. The molecule has 0 radical (unpaired) electrons. The summed E-state index contributed by atoms with van der Waals surface area (Å²) >= 11 is 0. The van der Waals surface area contributed by atoms with Crippen molar-refractivity contribution >= 4 is 23.3 Å². The lowest BCUT2D eigenvalue weighted by Crippen LogP contribution is -2.13. The molecule has 0 unspecified atom stereocenters. The van der Waals surface area contributed by atoms with Gasteiger partial charge >= 0.3 is 5.97 Å². The summed E-state index contributed by atoms with van der Waals surface area (Å²) in [4.78, 5) is 22.6. The number of carboxylic acids is 1. The van der Waals surface area contributed by atoms with Gasteiger partial charge in [0.15, 0.2) is 0 Å². The van der Waals surface area contributed by atoms with Crippen molar-refractivity contribution in [1.29, 1.82) is 0 Å². The summed E-state index contributed by atoms with van der Waals surface area (Å²) in [5.41, 5.74) is 8.60. The number of rotatable bonds is 8. The zero-order valence-corrected chi connectivity index (χ0v) is 13.5. The van der Waals surface area contributed by atoms with Crippen LogP contribution in [0.5, 0.6) is 0 Å². The van der Waals surface area contributed by atoms with Crippen LogP contribution < -0.4 is 11.1 Å². The fourth-order valence-corrected chi connectivity index (χ4v) is 2.44. The quantitative estimate of drug-likeness (QED) is 0.509. The molecule has 2 aromatic carbocycles. The Bertz CT molecular complexity index is 696. The van der Waals surface area contributed by atoms with Gasteiger partial charge in [-0.2, -0.15) is 0 Å². The number of nitrogens with two attached hydrogens (primary N) is 1. The van der Waals surface area contributed by atoms with Gasteiger partial charge < -0.3 is 16.2 Å². The van der Waals surface area contributed by atoms with E-state index in [1.165, 1.54) is 5.56 Å². The Morgan fingerprint density at radius 2 is 1.67 bits per heavy atom. The summed E-state index contributed by atoms with van der Waals surface area (Å²) in [6.07, 6.45) is 3.70. The van der Waals surface area contributed by atoms with Gasteiger partial charge in [0.2, 0.25) is 0 Å². The lowest BCUT2D eigenvalue weighted by Gasteiger charge is -2.08. The van der Waals surface area contributed by atoms with Crippen LogP contribution in [0.25, 0.3) is 0 Å². The summed E-state index contributed by atoms with van der Waals surface area (Å²) in [5, 5.41) is 11.4. The molecule has 0 aromatic heterocycles. The summed E-state index contributed by atoms with van der Waals surface area (Å²) in [7, 11) is 0. The number of hydrogen-bond donors (Lipinski definition) is 3. The number of carboxylic acid groups (broad SMARTS) is 1. The van der Waals surface area contributed by atoms with Crippen LogP contribution in [-0.4, -0.2) is 17.0 Å². The lowest BCUT2D eigenvalue weighted by molar-refractivity contribution is -0.137. The minimum Gasteiger partial charge on any atom is -0.481 e. The number of carbonyl (C=O) groups excluding carboxylic acids is 1. The molecule has 0 saturated carbocycles. The second kappa shape index (κ2) is 8.72. The Kier molecular flexibility index (Phi) is 6.37. The molecule has 126 valence electrons. The van der Waals surface area contributed by atoms with E-state index in [1.54, 1.807) is 24.3 Å². The van der Waals surface area contributed by atoms with Gasteiger partial charge in [-0.25, -0.2) is 0 Å². The molecule has 0 aliphatic heterocycles. The molecule has 24 heavy (non-hydrogen) atoms. The van der Waals surface area contributed by atoms with Crippen molar-refractivity contribution in [2.24, 2.45) is 0 Å². The highest BCUT2D eigenvalue weighted by atomic mass is 16.4. The number of nitrogen functional groups attached to an aromatic ring is 1. The number of para-hydroxylation sites is 1. The largest absolute Gasteiger partial charge is 0.481 e. The van der Waals surface area contributed by atoms with Crippen LogP contribution in [0.3, 0.4) is 0 Å². The van der Waals surface area contributed by atoms with Crippen LogP contribution in [0.1, 0.15) is 41.6 Å². The standard InChI is InChI=1S/C19H22N2O3/c20-17-8-5-4-7-16(17)19(24)21-15-12-10-14(11-13-15)6-2-1-3-9-18(22)23/h4-5,7-8,10-13H,1-3,6,9,20H2,(H,21,24)(H,22,23). The fraction of sp³-hybridized carbons (Fsp3) is 0.263. The van der Waals surface area contributed by atoms with E-state index in [4.69, 9.17) is 10.8 Å². The molecule has 0 saturated heterocycles. The molecule has 0 fully saturated rings. The van der Waals surface area contributed by atoms with Gasteiger partial charge in [0, 0.05) is 17.8 Å². The summed E-state index contributed by atoms with van der Waals surface area (Å²) in [6.45, 7) is 0. The molecule has 0 spiro atoms. The van der Waals surface area contributed by atoms with E-state index in [0.29, 0.717) is 17.7 Å². The lowest BCUT2D eigenvalue weighted by atomic mass is 10.1. The average Bonchev–Trinajstić information content (AvgIpc) is 2.56. The van der Waals surface area contributed by atoms with Crippen molar-refractivity contribution in [2.75, 3.05) is 11.1 Å². The number of benzene rings is 2. The molecule has 0 aliphatic rings. The molecule has 2 aromatic rings. The smallest absolute Gasteiger partial charge is 0.303 e. The molecular weight excluding hydrogens is 304 g/mol. The molecule has 2 rings (SSSR count). The molecule has 0 aliphatic carbocycles. The number of hydrogen-bond acceptors (Lipinski definition) is 3. The number of nitrogens with one attached hydrogen (secondary N) is 1. The van der Waals surface area contributed by atoms with Crippen molar-refractivity contribution in [1.82, 2.24) is 0 Å². The third-order valence-electron chi connectivity index (χ3n) is 3.77. The van der Waals surface area contributed by atoms with Crippen LogP contribution >= 0.6 is 0 Å². The van der Waals surface area contributed by atoms with Crippen LogP contribution in [0, 0.1) is 0 Å². The average molecular weight is 326 g/mol. The van der Waals surface area contributed by atoms with E-state index >= 15 is 0 Å². The first-order valence-electron chi connectivity index (χ1n) is 8.03. The van der Waals surface area contributed by atoms with E-state index in [9.17, 15) is 9.59 Å². The number of anilines is 2. The summed E-state index contributed by atoms with van der Waals surface area (Å²) < 4.78 is 0. The minimum atomic E-state index is -0.742. The number of aliphatic carboxylic acids is 1. The molecule has 0 bridgehead atoms. The predicted molar refractivity (Wildman–Crippen MR) is 95.1 cm³/mol. The van der Waals surface area contributed by atoms with Crippen LogP contribution in [0.4, 0.5) is 11.4 Å². The van der Waals surface area contributed by atoms with Crippen LogP contribution in [0.2, 0.25) is 0 Å². The van der Waals surface area contributed by atoms with Gasteiger partial charge in [-0.1, -0.05) is 30.7 Å². The molecule has 4 N–H and O–H groups in total. The highest BCUT2D eigenvalue weighted by molar-refractivity contribution is 6.07. The molecule has 1 amide bonds. The maximum atomic E-state index is 12.2. The number of carbonyl (C=O) groups is 2. The molecule has 5 heteroatoms. The van der Waals surface area contributed by atoms with Crippen molar-refractivity contribution in [3.05, 3.63) is 59.7 Å². The first-order valence-corrected chi connectivity index (χ1v) is 8.03. The number of unbranched alkanes of at least 4 members (excludes halogenated alkanes) is 2. The summed E-state index contributed by atoms with van der Waals surface area (Å²) in [6, 6.07) is 14.6. The minimum absolute atomic E-state index is 0.227. The Balaban J connectivity index is 1.82. The molecule has 5 nitrogen and oxygen atoms in total. The van der Waals surface area contributed by atoms with Gasteiger partial charge in [0.25, 0.3) is 5.91 Å². The Morgan fingerprint density at radius 1 is 0.958 bits per heavy atom. The van der Waals surface area contributed by atoms with Gasteiger partial charge in [-0.05, 0) is 49.1 Å². The van der Waals surface area contributed by atoms with Gasteiger partial charge in [0.1, 0.15) is 0 Å². The Morgan fingerprint density at radius 3 is 2.33 bits per heavy atom. The van der Waals surface area contributed by atoms with Crippen LogP contribution in [0.15, 0.2) is 48.5 Å². The number of aryl methyl sites for hydroxylation is 1. The Labute approximate surface area is 141 Å². The number of amides is 1. The van der Waals surface area contributed by atoms with Crippen LogP contribution in [-0.2, 0) is 11.2 Å². The van der Waals surface area contributed by atoms with Crippen molar-refractivity contribution in [3.8, 4) is 0 Å². The molecule has 0 heterocycles. The van der Waals surface area contributed by atoms with Gasteiger partial charge in [-0.15, -0.1) is 0 Å². The maximum Gasteiger partial charge on any atom is 0.303 e.